The molecule has 2 amide bonds. The number of carboxylic acid groups (broad SMARTS) is 1. The highest BCUT2D eigenvalue weighted by atomic mass is 16.5. The number of carboxylic acids is 1. The lowest BCUT2D eigenvalue weighted by molar-refractivity contribution is -0.147. The van der Waals surface area contributed by atoms with Crippen LogP contribution in [0.15, 0.2) is 78.9 Å². The zero-order valence-corrected chi connectivity index (χ0v) is 22.3. The van der Waals surface area contributed by atoms with Gasteiger partial charge in [0.05, 0.1) is 18.6 Å². The molecule has 0 heterocycles. The minimum Gasteiger partial charge on any atom is -0.480 e. The van der Waals surface area contributed by atoms with Gasteiger partial charge in [-0.05, 0) is 41.7 Å². The van der Waals surface area contributed by atoms with Gasteiger partial charge in [-0.2, -0.15) is 0 Å². The topological polar surface area (TPSA) is 114 Å². The summed E-state index contributed by atoms with van der Waals surface area (Å²) in [6.45, 7) is 5.28. The first-order valence-corrected chi connectivity index (χ1v) is 13.1. The number of carbonyl (C=O) groups excluding carboxylic acids is 2. The van der Waals surface area contributed by atoms with Crippen molar-refractivity contribution in [2.45, 2.75) is 51.5 Å². The molecule has 0 aliphatic heterocycles. The minimum absolute atomic E-state index is 0.0760. The summed E-state index contributed by atoms with van der Waals surface area (Å²) >= 11 is 0. The summed E-state index contributed by atoms with van der Waals surface area (Å²) in [7, 11) is 0. The Bertz CT molecular complexity index is 1270. The van der Waals surface area contributed by atoms with E-state index in [2.05, 4.69) is 22.8 Å². The molecular formula is C31H34N2O6. The number of carbonyl (C=O) groups is 3. The van der Waals surface area contributed by atoms with Crippen LogP contribution >= 0.6 is 0 Å². The molecule has 4 rings (SSSR count). The Morgan fingerprint density at radius 1 is 0.821 bits per heavy atom. The van der Waals surface area contributed by atoms with Gasteiger partial charge < -0.3 is 25.2 Å². The minimum atomic E-state index is -1.25. The molecule has 8 nitrogen and oxygen atoms in total. The van der Waals surface area contributed by atoms with E-state index in [0.29, 0.717) is 0 Å². The Balaban J connectivity index is 1.29. The van der Waals surface area contributed by atoms with E-state index in [0.717, 1.165) is 27.8 Å². The van der Waals surface area contributed by atoms with Gasteiger partial charge in [0.2, 0.25) is 5.91 Å². The lowest BCUT2D eigenvalue weighted by atomic mass is 9.98. The molecule has 0 fully saturated rings. The second kappa shape index (κ2) is 12.6. The van der Waals surface area contributed by atoms with Gasteiger partial charge in [0.15, 0.2) is 6.04 Å². The van der Waals surface area contributed by atoms with Crippen molar-refractivity contribution < 1.29 is 29.0 Å². The summed E-state index contributed by atoms with van der Waals surface area (Å²) in [5.74, 6) is -2.50. The number of nitrogens with one attached hydrogen (secondary N) is 2. The maximum absolute atomic E-state index is 12.9. The molecule has 0 radical (unpaired) electrons. The molecule has 3 aromatic carbocycles. The molecule has 0 saturated carbocycles. The summed E-state index contributed by atoms with van der Waals surface area (Å²) in [5, 5.41) is 14.9. The number of rotatable bonds is 11. The van der Waals surface area contributed by atoms with Gasteiger partial charge in [-0.3, -0.25) is 4.79 Å². The van der Waals surface area contributed by atoms with E-state index >= 15 is 0 Å². The third-order valence-corrected chi connectivity index (χ3v) is 7.24. The van der Waals surface area contributed by atoms with Crippen LogP contribution in [0.1, 0.15) is 43.4 Å². The van der Waals surface area contributed by atoms with E-state index in [1.54, 1.807) is 20.8 Å². The number of amides is 2. The number of fused-ring (bicyclic) bond motifs is 3. The molecule has 0 bridgehead atoms. The molecule has 0 saturated heterocycles. The Kier molecular flexibility index (Phi) is 8.99. The van der Waals surface area contributed by atoms with Crippen molar-refractivity contribution in [3.8, 4) is 11.1 Å². The highest BCUT2D eigenvalue weighted by molar-refractivity contribution is 5.86. The highest BCUT2D eigenvalue weighted by Crippen LogP contribution is 2.44. The van der Waals surface area contributed by atoms with Crippen molar-refractivity contribution in [1.29, 1.82) is 0 Å². The van der Waals surface area contributed by atoms with Crippen LogP contribution in [-0.2, 0) is 25.7 Å². The van der Waals surface area contributed by atoms with Crippen LogP contribution in [0, 0.1) is 5.92 Å². The molecule has 4 atom stereocenters. The standard InChI is InChI=1S/C31H34N2O6/c1-19(29(34)33-28(30(35)36)21(3)38-17-22-11-5-4-6-12-22)20(2)32-31(37)39-18-27-25-15-9-7-13-23(25)24-14-8-10-16-26(24)27/h4-16,19-21,27-28H,17-18H2,1-3H3,(H,32,37)(H,33,34)(H,35,36)/t19?,20?,21-,28+/m0/s1. The summed E-state index contributed by atoms with van der Waals surface area (Å²) in [6.07, 6.45) is -1.41. The SMILES string of the molecule is CC(NC(=O)OCC1c2ccccc2-c2ccccc21)C(C)C(=O)N[C@@H](C(=O)O)[C@H](C)OCc1ccccc1. The first-order valence-electron chi connectivity index (χ1n) is 13.1. The molecule has 39 heavy (non-hydrogen) atoms. The van der Waals surface area contributed by atoms with E-state index in [9.17, 15) is 19.5 Å². The second-order valence-electron chi connectivity index (χ2n) is 9.87. The number of aliphatic carboxylic acids is 1. The largest absolute Gasteiger partial charge is 0.480 e. The van der Waals surface area contributed by atoms with Crippen molar-refractivity contribution in [3.63, 3.8) is 0 Å². The maximum atomic E-state index is 12.9. The van der Waals surface area contributed by atoms with Crippen LogP contribution in [-0.4, -0.2) is 47.9 Å². The third kappa shape index (κ3) is 6.64. The number of ether oxygens (including phenoxy) is 2. The highest BCUT2D eigenvalue weighted by Gasteiger charge is 2.32. The van der Waals surface area contributed by atoms with Gasteiger partial charge in [-0.25, -0.2) is 9.59 Å². The molecule has 1 aliphatic rings. The average Bonchev–Trinajstić information content (AvgIpc) is 3.27. The number of benzene rings is 3. The van der Waals surface area contributed by atoms with Gasteiger partial charge in [0.1, 0.15) is 6.61 Å². The van der Waals surface area contributed by atoms with Gasteiger partial charge in [0, 0.05) is 12.0 Å². The van der Waals surface area contributed by atoms with Crippen molar-refractivity contribution in [1.82, 2.24) is 10.6 Å². The molecule has 0 aromatic heterocycles. The number of hydrogen-bond acceptors (Lipinski definition) is 5. The van der Waals surface area contributed by atoms with Crippen molar-refractivity contribution >= 4 is 18.0 Å². The predicted octanol–water partition coefficient (Wildman–Crippen LogP) is 4.72. The number of hydrogen-bond donors (Lipinski definition) is 3. The van der Waals surface area contributed by atoms with Crippen molar-refractivity contribution in [2.24, 2.45) is 5.92 Å². The summed E-state index contributed by atoms with van der Waals surface area (Å²) in [5.41, 5.74) is 5.38. The van der Waals surface area contributed by atoms with E-state index in [-0.39, 0.29) is 19.1 Å². The van der Waals surface area contributed by atoms with Crippen LogP contribution in [0.3, 0.4) is 0 Å². The lowest BCUT2D eigenvalue weighted by Gasteiger charge is -2.26. The molecule has 2 unspecified atom stereocenters. The van der Waals surface area contributed by atoms with E-state index in [1.807, 2.05) is 66.7 Å². The van der Waals surface area contributed by atoms with Crippen molar-refractivity contribution in [2.75, 3.05) is 6.61 Å². The Morgan fingerprint density at radius 2 is 1.38 bits per heavy atom. The Hall–Kier alpha value is -4.17. The van der Waals surface area contributed by atoms with Crippen LogP contribution in [0.4, 0.5) is 4.79 Å². The second-order valence-corrected chi connectivity index (χ2v) is 9.87. The average molecular weight is 531 g/mol. The Morgan fingerprint density at radius 3 is 1.97 bits per heavy atom. The maximum Gasteiger partial charge on any atom is 0.407 e. The van der Waals surface area contributed by atoms with Gasteiger partial charge in [-0.15, -0.1) is 0 Å². The summed E-state index contributed by atoms with van der Waals surface area (Å²) in [6, 6.07) is 23.7. The van der Waals surface area contributed by atoms with Crippen LogP contribution in [0.2, 0.25) is 0 Å². The summed E-state index contributed by atoms with van der Waals surface area (Å²) < 4.78 is 11.3. The smallest absolute Gasteiger partial charge is 0.407 e. The van der Waals surface area contributed by atoms with Crippen molar-refractivity contribution in [3.05, 3.63) is 95.6 Å². The molecule has 3 N–H and O–H groups in total. The molecule has 0 spiro atoms. The van der Waals surface area contributed by atoms with Gasteiger partial charge in [0.25, 0.3) is 0 Å². The monoisotopic (exact) mass is 530 g/mol. The van der Waals surface area contributed by atoms with Crippen LogP contribution in [0.5, 0.6) is 0 Å². The quantitative estimate of drug-likeness (QED) is 0.331. The summed E-state index contributed by atoms with van der Waals surface area (Å²) in [4.78, 5) is 37.4. The normalized spacial score (nSPS) is 15.3. The lowest BCUT2D eigenvalue weighted by Crippen LogP contribution is -2.53. The molecule has 204 valence electrons. The first kappa shape index (κ1) is 27.9. The van der Waals surface area contributed by atoms with Gasteiger partial charge in [-0.1, -0.05) is 85.8 Å². The van der Waals surface area contributed by atoms with Gasteiger partial charge >= 0.3 is 12.1 Å². The Labute approximate surface area is 228 Å². The van der Waals surface area contributed by atoms with E-state index in [4.69, 9.17) is 9.47 Å². The van der Waals surface area contributed by atoms with Crippen LogP contribution in [0.25, 0.3) is 11.1 Å². The molecule has 3 aromatic rings. The van der Waals surface area contributed by atoms with E-state index < -0.39 is 42.1 Å². The van der Waals surface area contributed by atoms with Crippen LogP contribution < -0.4 is 10.6 Å². The fourth-order valence-electron chi connectivity index (χ4n) is 4.74. The first-order chi connectivity index (χ1) is 18.8. The fraction of sp³-hybridized carbons (Fsp3) is 0.323. The fourth-order valence-corrected chi connectivity index (χ4v) is 4.74. The third-order valence-electron chi connectivity index (χ3n) is 7.24. The molecule has 1 aliphatic carbocycles. The zero-order valence-electron chi connectivity index (χ0n) is 22.3. The zero-order chi connectivity index (χ0) is 27.9. The molecular weight excluding hydrogens is 496 g/mol. The molecule has 8 heteroatoms. The van der Waals surface area contributed by atoms with E-state index in [1.165, 1.54) is 0 Å². The number of alkyl carbamates (subject to hydrolysis) is 1. The predicted molar refractivity (Wildman–Crippen MR) is 147 cm³/mol.